The Morgan fingerprint density at radius 1 is 1.11 bits per heavy atom. The van der Waals surface area contributed by atoms with Crippen LogP contribution in [0.15, 0.2) is 30.7 Å². The van der Waals surface area contributed by atoms with E-state index in [1.165, 1.54) is 0 Å². The summed E-state index contributed by atoms with van der Waals surface area (Å²) in [6.07, 6.45) is 8.84. The van der Waals surface area contributed by atoms with Crippen molar-refractivity contribution in [2.24, 2.45) is 18.2 Å². The summed E-state index contributed by atoms with van der Waals surface area (Å²) in [5, 5.41) is 12.1. The second kappa shape index (κ2) is 8.74. The molecular formula is C27H34N10O. The first kappa shape index (κ1) is 23.5. The van der Waals surface area contributed by atoms with Gasteiger partial charge >= 0.3 is 0 Å². The van der Waals surface area contributed by atoms with E-state index >= 15 is 0 Å². The predicted molar refractivity (Wildman–Crippen MR) is 145 cm³/mol. The molecule has 3 aliphatic rings. The Kier molecular flexibility index (Phi) is 5.41. The number of piperidine rings is 1. The van der Waals surface area contributed by atoms with Crippen LogP contribution in [-0.2, 0) is 11.8 Å². The van der Waals surface area contributed by atoms with Gasteiger partial charge in [0.2, 0.25) is 0 Å². The molecule has 0 amide bonds. The lowest BCUT2D eigenvalue weighted by molar-refractivity contribution is 0.0974. The number of pyridine rings is 1. The van der Waals surface area contributed by atoms with Gasteiger partial charge in [-0.3, -0.25) is 14.8 Å². The Morgan fingerprint density at radius 2 is 1.95 bits per heavy atom. The van der Waals surface area contributed by atoms with Crippen molar-refractivity contribution in [3.8, 4) is 11.3 Å². The third-order valence-electron chi connectivity index (χ3n) is 8.87. The topological polar surface area (TPSA) is 127 Å². The molecule has 3 N–H and O–H groups in total. The van der Waals surface area contributed by atoms with Crippen LogP contribution in [0.25, 0.3) is 22.4 Å². The maximum absolute atomic E-state index is 6.50. The van der Waals surface area contributed by atoms with E-state index < -0.39 is 0 Å². The van der Waals surface area contributed by atoms with Crippen LogP contribution in [0.5, 0.6) is 0 Å². The Bertz CT molecular complexity index is 1490. The first-order valence-corrected chi connectivity index (χ1v) is 13.5. The molecular weight excluding hydrogens is 480 g/mol. The third kappa shape index (κ3) is 3.67. The molecule has 1 spiro atoms. The van der Waals surface area contributed by atoms with E-state index in [9.17, 15) is 0 Å². The molecule has 4 aromatic heterocycles. The highest BCUT2D eigenvalue weighted by atomic mass is 16.5. The number of aryl methyl sites for hydroxylation is 1. The Hall–Kier alpha value is -3.57. The lowest BCUT2D eigenvalue weighted by Crippen LogP contribution is -2.50. The molecule has 3 atom stereocenters. The minimum Gasteiger partial charge on any atom is -0.376 e. The van der Waals surface area contributed by atoms with Gasteiger partial charge in [0, 0.05) is 55.8 Å². The molecule has 3 aliphatic heterocycles. The lowest BCUT2D eigenvalue weighted by atomic mass is 9.73. The average Bonchev–Trinajstić information content (AvgIpc) is 3.64. The van der Waals surface area contributed by atoms with Gasteiger partial charge < -0.3 is 20.3 Å². The molecule has 0 aliphatic carbocycles. The molecule has 0 radical (unpaired) electrons. The van der Waals surface area contributed by atoms with Gasteiger partial charge in [0.1, 0.15) is 5.82 Å². The van der Waals surface area contributed by atoms with Gasteiger partial charge in [-0.15, -0.1) is 0 Å². The van der Waals surface area contributed by atoms with Crippen molar-refractivity contribution < 1.29 is 4.74 Å². The van der Waals surface area contributed by atoms with Gasteiger partial charge in [-0.05, 0) is 38.3 Å². The van der Waals surface area contributed by atoms with Crippen LogP contribution in [0.4, 0.5) is 17.3 Å². The number of nitrogens with zero attached hydrogens (tertiary/aromatic N) is 8. The lowest BCUT2D eigenvalue weighted by Gasteiger charge is -2.41. The highest BCUT2D eigenvalue weighted by Crippen LogP contribution is 2.43. The van der Waals surface area contributed by atoms with Gasteiger partial charge in [-0.25, -0.2) is 9.97 Å². The summed E-state index contributed by atoms with van der Waals surface area (Å²) < 4.78 is 7.68. The molecule has 7 rings (SSSR count). The van der Waals surface area contributed by atoms with Crippen molar-refractivity contribution in [3.63, 3.8) is 0 Å². The number of nitrogens with one attached hydrogen (secondary N) is 1. The van der Waals surface area contributed by atoms with Crippen LogP contribution in [0.3, 0.4) is 0 Å². The monoisotopic (exact) mass is 514 g/mol. The van der Waals surface area contributed by atoms with E-state index in [0.29, 0.717) is 11.6 Å². The maximum atomic E-state index is 6.50. The molecule has 7 heterocycles. The number of aromatic amines is 1. The summed E-state index contributed by atoms with van der Waals surface area (Å²) in [4.78, 5) is 19.3. The fourth-order valence-corrected chi connectivity index (χ4v) is 6.35. The Labute approximate surface area is 221 Å². The molecule has 2 saturated heterocycles. The van der Waals surface area contributed by atoms with Crippen LogP contribution in [0.2, 0.25) is 0 Å². The number of nitrogens with two attached hydrogens (primary N) is 1. The minimum absolute atomic E-state index is 0.0817. The minimum atomic E-state index is 0.0817. The van der Waals surface area contributed by atoms with E-state index in [1.54, 1.807) is 4.68 Å². The van der Waals surface area contributed by atoms with Crippen molar-refractivity contribution in [3.05, 3.63) is 36.4 Å². The largest absolute Gasteiger partial charge is 0.376 e. The van der Waals surface area contributed by atoms with Crippen LogP contribution in [-0.4, -0.2) is 73.3 Å². The molecule has 11 heteroatoms. The van der Waals surface area contributed by atoms with Gasteiger partial charge in [-0.1, -0.05) is 6.92 Å². The quantitative estimate of drug-likeness (QED) is 0.424. The highest BCUT2D eigenvalue weighted by Gasteiger charge is 2.47. The Balaban J connectivity index is 1.15. The van der Waals surface area contributed by atoms with Crippen molar-refractivity contribution in [2.75, 3.05) is 36.0 Å². The van der Waals surface area contributed by atoms with Gasteiger partial charge in [-0.2, -0.15) is 10.2 Å². The first-order valence-electron chi connectivity index (χ1n) is 13.5. The number of hydrogen-bond donors (Lipinski definition) is 2. The highest BCUT2D eigenvalue weighted by molar-refractivity contribution is 5.88. The summed E-state index contributed by atoms with van der Waals surface area (Å²) in [6, 6.07) is 4.30. The molecule has 198 valence electrons. The van der Waals surface area contributed by atoms with E-state index in [1.807, 2.05) is 25.6 Å². The summed E-state index contributed by atoms with van der Waals surface area (Å²) in [5.74, 6) is 2.02. The molecule has 11 nitrogen and oxygen atoms in total. The summed E-state index contributed by atoms with van der Waals surface area (Å²) in [7, 11) is 1.92. The summed E-state index contributed by atoms with van der Waals surface area (Å²) >= 11 is 0. The summed E-state index contributed by atoms with van der Waals surface area (Å²) in [6.45, 7) is 7.71. The van der Waals surface area contributed by atoms with Crippen LogP contribution in [0.1, 0.15) is 44.7 Å². The molecule has 0 saturated carbocycles. The van der Waals surface area contributed by atoms with Crippen molar-refractivity contribution in [1.82, 2.24) is 34.9 Å². The van der Waals surface area contributed by atoms with E-state index in [2.05, 4.69) is 51.1 Å². The maximum Gasteiger partial charge on any atom is 0.183 e. The molecule has 0 bridgehead atoms. The zero-order valence-corrected chi connectivity index (χ0v) is 22.1. The average molecular weight is 515 g/mol. The molecule has 2 fully saturated rings. The van der Waals surface area contributed by atoms with E-state index in [-0.39, 0.29) is 17.6 Å². The fraction of sp³-hybridized carbons (Fsp3) is 0.519. The smallest absolute Gasteiger partial charge is 0.183 e. The third-order valence-corrected chi connectivity index (χ3v) is 8.87. The predicted octanol–water partition coefficient (Wildman–Crippen LogP) is 3.13. The number of rotatable bonds is 3. The van der Waals surface area contributed by atoms with Crippen molar-refractivity contribution in [2.45, 2.75) is 51.2 Å². The van der Waals surface area contributed by atoms with E-state index in [4.69, 9.17) is 25.4 Å². The van der Waals surface area contributed by atoms with E-state index in [0.717, 1.165) is 85.3 Å². The zero-order chi connectivity index (χ0) is 26.0. The zero-order valence-electron chi connectivity index (χ0n) is 22.1. The normalized spacial score (nSPS) is 24.9. The first-order chi connectivity index (χ1) is 18.4. The van der Waals surface area contributed by atoms with Gasteiger partial charge in [0.25, 0.3) is 0 Å². The number of anilines is 3. The molecule has 4 aromatic rings. The SMILES string of the molecule is C[C@@H]1OCC2(CCN(c3cnc4c(N5CC[C@H](C)c6nc(-c7cnn(C)c7)ccc65)n[nH]c4n3)CC2)[C@@H]1N. The summed E-state index contributed by atoms with van der Waals surface area (Å²) in [5.41, 5.74) is 12.2. The number of ether oxygens (including phenoxy) is 1. The van der Waals surface area contributed by atoms with Crippen molar-refractivity contribution in [1.29, 1.82) is 0 Å². The second-order valence-electron chi connectivity index (χ2n) is 11.2. The van der Waals surface area contributed by atoms with Crippen LogP contribution in [0, 0.1) is 5.41 Å². The van der Waals surface area contributed by atoms with Gasteiger partial charge in [0.05, 0.1) is 42.2 Å². The second-order valence-corrected chi connectivity index (χ2v) is 11.2. The number of hydrogen-bond acceptors (Lipinski definition) is 9. The standard InChI is InChI=1S/C27H34N10O/c1-16-6-9-37(20-5-4-19(31-22(16)20)18-12-30-35(3)14-18)26-23-25(33-34-26)32-21(13-29-23)36-10-7-27(8-11-36)15-38-17(2)24(27)28/h4-5,12-14,16-17,24H,6-11,15,28H2,1-3H3,(H,32,33,34)/t16-,17-,24+/m0/s1. The van der Waals surface area contributed by atoms with Gasteiger partial charge in [0.15, 0.2) is 17.0 Å². The van der Waals surface area contributed by atoms with Crippen LogP contribution < -0.4 is 15.5 Å². The van der Waals surface area contributed by atoms with Crippen molar-refractivity contribution >= 4 is 28.5 Å². The fourth-order valence-electron chi connectivity index (χ4n) is 6.35. The van der Waals surface area contributed by atoms with Crippen LogP contribution >= 0.6 is 0 Å². The number of aromatic nitrogens is 7. The molecule has 0 aromatic carbocycles. The number of H-pyrrole nitrogens is 1. The molecule has 38 heavy (non-hydrogen) atoms. The molecule has 0 unspecified atom stereocenters. The number of fused-ring (bicyclic) bond motifs is 2. The Morgan fingerprint density at radius 3 is 2.68 bits per heavy atom.